The number of carbonyl (C=O) groups is 1. The van der Waals surface area contributed by atoms with Crippen molar-refractivity contribution in [2.24, 2.45) is 12.0 Å². The van der Waals surface area contributed by atoms with Gasteiger partial charge in [0.25, 0.3) is 0 Å². The third-order valence-electron chi connectivity index (χ3n) is 4.24. The third-order valence-corrected chi connectivity index (χ3v) is 4.74. The number of hydrogen-bond acceptors (Lipinski definition) is 5. The lowest BCUT2D eigenvalue weighted by Crippen LogP contribution is -2.55. The number of nitrogens with zero attached hydrogens (tertiary/aromatic N) is 6. The maximum Gasteiger partial charge on any atom is 0.246 e. The second-order valence-electron chi connectivity index (χ2n) is 6.22. The Bertz CT molecular complexity index is 869. The van der Waals surface area contributed by atoms with Crippen LogP contribution in [0.3, 0.4) is 0 Å². The van der Waals surface area contributed by atoms with Crippen LogP contribution in [-0.4, -0.2) is 71.3 Å². The summed E-state index contributed by atoms with van der Waals surface area (Å²) in [7, 11) is 3.53. The zero-order valence-electron chi connectivity index (χ0n) is 15.7. The average Bonchev–Trinajstić information content (AvgIpc) is 3.09. The van der Waals surface area contributed by atoms with Crippen LogP contribution in [0.5, 0.6) is 0 Å². The van der Waals surface area contributed by atoms with Gasteiger partial charge in [0.05, 0.1) is 21.9 Å². The summed E-state index contributed by atoms with van der Waals surface area (Å²) >= 11 is 11.9. The van der Waals surface area contributed by atoms with Gasteiger partial charge in [-0.25, -0.2) is 4.98 Å². The first-order valence-corrected chi connectivity index (χ1v) is 9.53. The highest BCUT2D eigenvalue weighted by Crippen LogP contribution is 2.22. The first kappa shape index (κ1) is 20.2. The number of pyridine rings is 1. The summed E-state index contributed by atoms with van der Waals surface area (Å²) in [5.41, 5.74) is 0.812. The largest absolute Gasteiger partial charge is 0.367 e. The van der Waals surface area contributed by atoms with E-state index in [9.17, 15) is 4.79 Å². The van der Waals surface area contributed by atoms with E-state index in [4.69, 9.17) is 23.2 Å². The van der Waals surface area contributed by atoms with Gasteiger partial charge < -0.3 is 20.4 Å². The number of piperazine rings is 1. The van der Waals surface area contributed by atoms with E-state index in [0.29, 0.717) is 48.0 Å². The summed E-state index contributed by atoms with van der Waals surface area (Å²) in [6, 6.07) is 1.64. The van der Waals surface area contributed by atoms with Gasteiger partial charge >= 0.3 is 0 Å². The first-order valence-electron chi connectivity index (χ1n) is 8.77. The van der Waals surface area contributed by atoms with Gasteiger partial charge in [-0.05, 0) is 6.07 Å². The van der Waals surface area contributed by atoms with Crippen LogP contribution in [0.15, 0.2) is 29.6 Å². The van der Waals surface area contributed by atoms with E-state index < -0.39 is 0 Å². The van der Waals surface area contributed by atoms with Crippen molar-refractivity contribution in [3.8, 4) is 0 Å². The van der Waals surface area contributed by atoms with Gasteiger partial charge in [-0.1, -0.05) is 23.2 Å². The number of amides is 1. The van der Waals surface area contributed by atoms with E-state index in [1.54, 1.807) is 28.9 Å². The Hall–Kier alpha value is -2.52. The third kappa shape index (κ3) is 4.85. The fourth-order valence-corrected chi connectivity index (χ4v) is 3.35. The van der Waals surface area contributed by atoms with Gasteiger partial charge in [0.2, 0.25) is 5.91 Å². The lowest BCUT2D eigenvalue weighted by molar-refractivity contribution is -0.120. The van der Waals surface area contributed by atoms with Crippen LogP contribution in [0.4, 0.5) is 11.5 Å². The molecule has 11 heteroatoms. The predicted octanol–water partition coefficient (Wildman–Crippen LogP) is 1.46. The second-order valence-corrected chi connectivity index (χ2v) is 7.07. The lowest BCUT2D eigenvalue weighted by Gasteiger charge is -2.35. The number of rotatable bonds is 5. The summed E-state index contributed by atoms with van der Waals surface area (Å²) in [4.78, 5) is 24.6. The molecular weight excluding hydrogens is 403 g/mol. The Labute approximate surface area is 173 Å². The molecule has 1 amide bonds. The van der Waals surface area contributed by atoms with Crippen molar-refractivity contribution in [3.63, 3.8) is 0 Å². The number of aryl methyl sites for hydroxylation is 1. The van der Waals surface area contributed by atoms with Crippen LogP contribution in [0.1, 0.15) is 0 Å². The molecule has 2 N–H and O–H groups in total. The van der Waals surface area contributed by atoms with Crippen molar-refractivity contribution in [2.75, 3.05) is 50.0 Å². The number of aromatic nitrogens is 3. The van der Waals surface area contributed by atoms with Crippen molar-refractivity contribution in [3.05, 3.63) is 34.7 Å². The van der Waals surface area contributed by atoms with E-state index in [1.807, 2.05) is 18.1 Å². The van der Waals surface area contributed by atoms with E-state index in [-0.39, 0.29) is 12.5 Å². The van der Waals surface area contributed by atoms with Gasteiger partial charge in [0.1, 0.15) is 12.4 Å². The average molecular weight is 425 g/mol. The molecule has 1 saturated heterocycles. The van der Waals surface area contributed by atoms with E-state index >= 15 is 0 Å². The number of nitrogens with one attached hydrogen (secondary N) is 2. The molecule has 1 fully saturated rings. The van der Waals surface area contributed by atoms with Crippen molar-refractivity contribution >= 4 is 46.6 Å². The lowest BCUT2D eigenvalue weighted by atomic mass is 10.3. The highest BCUT2D eigenvalue weighted by atomic mass is 35.5. The van der Waals surface area contributed by atoms with Crippen LogP contribution >= 0.6 is 23.2 Å². The molecule has 2 aromatic rings. The number of aliphatic imine (C=N–C) groups is 1. The Morgan fingerprint density at radius 3 is 2.75 bits per heavy atom. The summed E-state index contributed by atoms with van der Waals surface area (Å²) in [5.74, 6) is 1.26. The number of halogens is 2. The van der Waals surface area contributed by atoms with Gasteiger partial charge in [0.15, 0.2) is 5.96 Å². The van der Waals surface area contributed by atoms with Crippen molar-refractivity contribution in [1.82, 2.24) is 25.0 Å². The molecule has 0 spiro atoms. The molecule has 0 unspecified atom stereocenters. The maximum atomic E-state index is 12.5. The topological polar surface area (TPSA) is 90.7 Å². The zero-order chi connectivity index (χ0) is 20.1. The van der Waals surface area contributed by atoms with E-state index in [1.165, 1.54) is 6.20 Å². The Kier molecular flexibility index (Phi) is 6.58. The van der Waals surface area contributed by atoms with E-state index in [0.717, 1.165) is 5.69 Å². The first-order chi connectivity index (χ1) is 13.5. The summed E-state index contributed by atoms with van der Waals surface area (Å²) < 4.78 is 1.68. The molecular formula is C17H22Cl2N8O. The minimum Gasteiger partial charge on any atom is -0.367 e. The highest BCUT2D eigenvalue weighted by molar-refractivity contribution is 6.35. The number of anilines is 2. The molecule has 150 valence electrons. The molecule has 3 rings (SSSR count). The molecule has 0 bridgehead atoms. The molecule has 0 aliphatic carbocycles. The van der Waals surface area contributed by atoms with Crippen LogP contribution in [0.25, 0.3) is 0 Å². The van der Waals surface area contributed by atoms with Crippen molar-refractivity contribution in [1.29, 1.82) is 0 Å². The predicted molar refractivity (Wildman–Crippen MR) is 111 cm³/mol. The summed E-state index contributed by atoms with van der Waals surface area (Å²) in [6.07, 6.45) is 5.07. The van der Waals surface area contributed by atoms with Gasteiger partial charge in [0, 0.05) is 52.7 Å². The van der Waals surface area contributed by atoms with Gasteiger partial charge in [-0.3, -0.25) is 14.5 Å². The molecule has 0 saturated carbocycles. The monoisotopic (exact) mass is 424 g/mol. The molecule has 3 heterocycles. The highest BCUT2D eigenvalue weighted by Gasteiger charge is 2.27. The van der Waals surface area contributed by atoms with Crippen LogP contribution in [0, 0.1) is 0 Å². The Morgan fingerprint density at radius 2 is 2.11 bits per heavy atom. The van der Waals surface area contributed by atoms with E-state index in [2.05, 4.69) is 25.7 Å². The molecule has 28 heavy (non-hydrogen) atoms. The zero-order valence-corrected chi connectivity index (χ0v) is 17.2. The SMILES string of the molecule is CN=C(NCCNc1ncc(Cl)cc1Cl)N1CCN(c2cnn(C)c2)C(=O)C1. The maximum absolute atomic E-state index is 12.5. The number of carbonyl (C=O) groups excluding carboxylic acids is 1. The van der Waals surface area contributed by atoms with Crippen molar-refractivity contribution < 1.29 is 4.79 Å². The summed E-state index contributed by atoms with van der Waals surface area (Å²) in [6.45, 7) is 2.68. The van der Waals surface area contributed by atoms with Gasteiger partial charge in [-0.2, -0.15) is 5.10 Å². The molecule has 2 aromatic heterocycles. The Balaban J connectivity index is 1.48. The fraction of sp³-hybridized carbons (Fsp3) is 0.412. The molecule has 1 aliphatic rings. The molecule has 0 radical (unpaired) electrons. The molecule has 1 aliphatic heterocycles. The van der Waals surface area contributed by atoms with Crippen molar-refractivity contribution in [2.45, 2.75) is 0 Å². The second kappa shape index (κ2) is 9.11. The fourth-order valence-electron chi connectivity index (χ4n) is 2.91. The molecule has 9 nitrogen and oxygen atoms in total. The number of guanidine groups is 1. The quantitative estimate of drug-likeness (QED) is 0.428. The Morgan fingerprint density at radius 1 is 1.29 bits per heavy atom. The van der Waals surface area contributed by atoms with Crippen LogP contribution in [-0.2, 0) is 11.8 Å². The molecule has 0 aromatic carbocycles. The van der Waals surface area contributed by atoms with Crippen LogP contribution in [0.2, 0.25) is 10.0 Å². The number of hydrogen-bond donors (Lipinski definition) is 2. The van der Waals surface area contributed by atoms with Gasteiger partial charge in [-0.15, -0.1) is 0 Å². The standard InChI is InChI=1S/C17H22Cl2N8O/c1-20-17(22-4-3-21-16-14(19)7-12(18)8-23-16)26-5-6-27(15(28)11-26)13-9-24-25(2)10-13/h7-10H,3-6,11H2,1-2H3,(H,20,22)(H,21,23). The summed E-state index contributed by atoms with van der Waals surface area (Å²) in [5, 5.41) is 11.5. The normalized spacial score (nSPS) is 15.1. The smallest absolute Gasteiger partial charge is 0.246 e. The molecule has 0 atom stereocenters. The van der Waals surface area contributed by atoms with Crippen LogP contribution < -0.4 is 15.5 Å². The minimum atomic E-state index is 0.0115. The minimum absolute atomic E-state index is 0.0115.